The lowest BCUT2D eigenvalue weighted by molar-refractivity contribution is 0.668. The molecular formula is C43H31NOS. The topological polar surface area (TPSA) is 25.2 Å². The van der Waals surface area contributed by atoms with Crippen LogP contribution >= 0.6 is 11.3 Å². The Labute approximate surface area is 271 Å². The van der Waals surface area contributed by atoms with Gasteiger partial charge in [0.25, 0.3) is 0 Å². The van der Waals surface area contributed by atoms with Crippen LogP contribution in [0.5, 0.6) is 0 Å². The number of hydrogen-bond donors (Lipinski definition) is 1. The molecule has 46 heavy (non-hydrogen) atoms. The quantitative estimate of drug-likeness (QED) is 0.200. The smallest absolute Gasteiger partial charge is 0.137 e. The Morgan fingerprint density at radius 1 is 0.717 bits per heavy atom. The van der Waals surface area contributed by atoms with E-state index in [1.807, 2.05) is 11.3 Å². The molecule has 0 fully saturated rings. The molecule has 0 spiro atoms. The molecule has 0 saturated carbocycles. The number of rotatable bonds is 1. The van der Waals surface area contributed by atoms with E-state index in [2.05, 4.69) is 140 Å². The molecule has 0 saturated heterocycles. The molecule has 2 nitrogen and oxygen atoms in total. The maximum Gasteiger partial charge on any atom is 0.137 e. The highest BCUT2D eigenvalue weighted by atomic mass is 32.1. The summed E-state index contributed by atoms with van der Waals surface area (Å²) in [7, 11) is 0. The Morgan fingerprint density at radius 2 is 1.54 bits per heavy atom. The second kappa shape index (κ2) is 9.94. The summed E-state index contributed by atoms with van der Waals surface area (Å²) in [5.74, 6) is 0.535. The van der Waals surface area contributed by atoms with Crippen LogP contribution in [-0.2, 0) is 0 Å². The standard InChI is InChI=1S/C43H31NOS/c1-25-30-11-5-12-31(25)35-13-6-15-38-42(35)43-37(14-7-16-39(43)45-38)44-29-19-21-32(36(24-29)27-9-4-8-26(30)22-27)28-18-20-34-33-10-2-3-17-40(33)46-41(34)23-28/h2-11,13-20,22-24,31-32,44H,12,21H2,1H3. The molecule has 2 atom stereocenters. The summed E-state index contributed by atoms with van der Waals surface area (Å²) in [6.07, 6.45) is 11.4. The molecule has 3 heteroatoms. The molecule has 7 aromatic rings. The number of fused-ring (bicyclic) bond motifs is 10. The molecule has 6 bridgehead atoms. The first-order valence-corrected chi connectivity index (χ1v) is 17.0. The van der Waals surface area contributed by atoms with E-state index in [4.69, 9.17) is 4.42 Å². The van der Waals surface area contributed by atoms with E-state index in [0.717, 1.165) is 35.4 Å². The zero-order valence-corrected chi connectivity index (χ0v) is 26.3. The van der Waals surface area contributed by atoms with Crippen molar-refractivity contribution >= 4 is 70.3 Å². The van der Waals surface area contributed by atoms with Crippen LogP contribution in [0.4, 0.5) is 5.69 Å². The van der Waals surface area contributed by atoms with Gasteiger partial charge in [-0.2, -0.15) is 0 Å². The van der Waals surface area contributed by atoms with Crippen molar-refractivity contribution in [1.29, 1.82) is 0 Å². The molecule has 220 valence electrons. The molecule has 3 aliphatic rings. The number of benzene rings is 5. The van der Waals surface area contributed by atoms with Gasteiger partial charge in [-0.05, 0) is 95.6 Å². The van der Waals surface area contributed by atoms with E-state index in [1.54, 1.807) is 0 Å². The predicted molar refractivity (Wildman–Crippen MR) is 196 cm³/mol. The molecule has 1 aliphatic heterocycles. The lowest BCUT2D eigenvalue weighted by Gasteiger charge is -2.28. The Kier molecular flexibility index (Phi) is 5.65. The first-order valence-electron chi connectivity index (χ1n) is 16.2. The van der Waals surface area contributed by atoms with Crippen LogP contribution < -0.4 is 5.32 Å². The number of thiophene rings is 1. The lowest BCUT2D eigenvalue weighted by atomic mass is 9.78. The molecule has 2 aromatic heterocycles. The largest absolute Gasteiger partial charge is 0.456 e. The van der Waals surface area contributed by atoms with Crippen molar-refractivity contribution in [3.8, 4) is 0 Å². The molecule has 10 rings (SSSR count). The summed E-state index contributed by atoms with van der Waals surface area (Å²) in [6.45, 7) is 2.33. The Balaban J connectivity index is 1.20. The SMILES string of the molecule is CC1=C2C=CCC1c1cccc3oc4cccc(c4c13)NC1=CCC(c3ccc4c(c3)sc3ccccc34)C(=C1)c1cccc2c1. The summed E-state index contributed by atoms with van der Waals surface area (Å²) in [5.41, 5.74) is 13.5. The van der Waals surface area contributed by atoms with E-state index in [1.165, 1.54) is 69.9 Å². The number of furan rings is 1. The van der Waals surface area contributed by atoms with Crippen molar-refractivity contribution in [3.05, 3.63) is 161 Å². The van der Waals surface area contributed by atoms with E-state index in [-0.39, 0.29) is 11.8 Å². The lowest BCUT2D eigenvalue weighted by Crippen LogP contribution is -2.11. The summed E-state index contributed by atoms with van der Waals surface area (Å²) in [4.78, 5) is 0. The second-order valence-electron chi connectivity index (χ2n) is 12.9. The average molecular weight is 610 g/mol. The van der Waals surface area contributed by atoms with E-state index in [9.17, 15) is 0 Å². The van der Waals surface area contributed by atoms with Gasteiger partial charge in [-0.25, -0.2) is 0 Å². The third-order valence-electron chi connectivity index (χ3n) is 10.4. The maximum absolute atomic E-state index is 6.50. The molecule has 5 aromatic carbocycles. The molecule has 0 amide bonds. The number of nitrogens with one attached hydrogen (secondary N) is 1. The Morgan fingerprint density at radius 3 is 2.50 bits per heavy atom. The van der Waals surface area contributed by atoms with Crippen LogP contribution in [0.15, 0.2) is 143 Å². The first kappa shape index (κ1) is 26.1. The minimum Gasteiger partial charge on any atom is -0.456 e. The van der Waals surface area contributed by atoms with Crippen molar-refractivity contribution in [2.45, 2.75) is 31.6 Å². The van der Waals surface area contributed by atoms with Crippen LogP contribution in [0.1, 0.15) is 53.9 Å². The summed E-state index contributed by atoms with van der Waals surface area (Å²) in [5, 5.41) is 8.96. The third kappa shape index (κ3) is 3.88. The van der Waals surface area contributed by atoms with Gasteiger partial charge < -0.3 is 9.73 Å². The van der Waals surface area contributed by atoms with E-state index >= 15 is 0 Å². The number of allylic oxidation sites excluding steroid dienone is 7. The van der Waals surface area contributed by atoms with Gasteiger partial charge in [-0.15, -0.1) is 11.3 Å². The van der Waals surface area contributed by atoms with Crippen LogP contribution in [0.25, 0.3) is 53.3 Å². The Bertz CT molecular complexity index is 2530. The minimum absolute atomic E-state index is 0.255. The van der Waals surface area contributed by atoms with Crippen molar-refractivity contribution in [1.82, 2.24) is 0 Å². The predicted octanol–water partition coefficient (Wildman–Crippen LogP) is 12.4. The highest BCUT2D eigenvalue weighted by Crippen LogP contribution is 2.47. The van der Waals surface area contributed by atoms with Crippen LogP contribution in [-0.4, -0.2) is 0 Å². The van der Waals surface area contributed by atoms with Gasteiger partial charge in [-0.1, -0.05) is 90.5 Å². The normalized spacial score (nSPS) is 19.1. The molecule has 2 unspecified atom stereocenters. The highest BCUT2D eigenvalue weighted by molar-refractivity contribution is 7.25. The first-order chi connectivity index (χ1) is 22.7. The van der Waals surface area contributed by atoms with Crippen molar-refractivity contribution in [2.24, 2.45) is 0 Å². The van der Waals surface area contributed by atoms with Crippen LogP contribution in [0.2, 0.25) is 0 Å². The van der Waals surface area contributed by atoms with Crippen molar-refractivity contribution in [3.63, 3.8) is 0 Å². The second-order valence-corrected chi connectivity index (χ2v) is 14.0. The number of anilines is 1. The Hall–Kier alpha value is -5.12. The van der Waals surface area contributed by atoms with Crippen molar-refractivity contribution < 1.29 is 4.42 Å². The van der Waals surface area contributed by atoms with E-state index < -0.39 is 0 Å². The fourth-order valence-electron chi connectivity index (χ4n) is 8.16. The van der Waals surface area contributed by atoms with Crippen LogP contribution in [0.3, 0.4) is 0 Å². The van der Waals surface area contributed by atoms with Gasteiger partial charge in [0.05, 0.1) is 11.1 Å². The van der Waals surface area contributed by atoms with Gasteiger partial charge in [0, 0.05) is 43.1 Å². The van der Waals surface area contributed by atoms with Gasteiger partial charge >= 0.3 is 0 Å². The van der Waals surface area contributed by atoms with Gasteiger partial charge in [-0.3, -0.25) is 0 Å². The molecule has 0 radical (unpaired) electrons. The minimum atomic E-state index is 0.255. The van der Waals surface area contributed by atoms with Crippen LogP contribution in [0, 0.1) is 0 Å². The molecular weight excluding hydrogens is 579 g/mol. The highest BCUT2D eigenvalue weighted by Gasteiger charge is 2.27. The average Bonchev–Trinajstić information content (AvgIpc) is 3.67. The fourth-order valence-corrected chi connectivity index (χ4v) is 9.31. The van der Waals surface area contributed by atoms with Gasteiger partial charge in [0.1, 0.15) is 11.2 Å². The third-order valence-corrected chi connectivity index (χ3v) is 11.5. The molecule has 3 heterocycles. The summed E-state index contributed by atoms with van der Waals surface area (Å²) >= 11 is 1.90. The molecule has 2 aliphatic carbocycles. The summed E-state index contributed by atoms with van der Waals surface area (Å²) in [6, 6.07) is 38.1. The monoisotopic (exact) mass is 609 g/mol. The fraction of sp³-hybridized carbons (Fsp3) is 0.116. The van der Waals surface area contributed by atoms with Crippen molar-refractivity contribution in [2.75, 3.05) is 5.32 Å². The van der Waals surface area contributed by atoms with Gasteiger partial charge in [0.15, 0.2) is 0 Å². The zero-order valence-electron chi connectivity index (χ0n) is 25.5. The zero-order chi connectivity index (χ0) is 30.4. The number of hydrogen-bond acceptors (Lipinski definition) is 3. The molecule has 1 N–H and O–H groups in total. The maximum atomic E-state index is 6.50. The summed E-state index contributed by atoms with van der Waals surface area (Å²) < 4.78 is 9.20. The van der Waals surface area contributed by atoms with Gasteiger partial charge in [0.2, 0.25) is 0 Å². The van der Waals surface area contributed by atoms with E-state index in [0.29, 0.717) is 0 Å².